The first-order chi connectivity index (χ1) is 27.7. The molecule has 0 N–H and O–H groups in total. The van der Waals surface area contributed by atoms with Crippen molar-refractivity contribution in [3.8, 4) is 55.8 Å². The monoisotopic (exact) mass is 679 g/mol. The minimum absolute atomic E-state index is 0.124. The number of hydrogen-bond donors (Lipinski definition) is 0. The molecule has 0 radical (unpaired) electrons. The maximum absolute atomic E-state index is 8.99. The molecule has 50 heavy (non-hydrogen) atoms. The highest BCUT2D eigenvalue weighted by atomic mass is 32.1. The van der Waals surface area contributed by atoms with Gasteiger partial charge in [0.05, 0.1) is 25.5 Å². The van der Waals surface area contributed by atoms with Gasteiger partial charge in [0.15, 0.2) is 0 Å². The molecule has 0 unspecified atom stereocenters. The lowest BCUT2D eigenvalue weighted by atomic mass is 9.96. The van der Waals surface area contributed by atoms with Gasteiger partial charge in [0.2, 0.25) is 0 Å². The number of benzene rings is 7. The third kappa shape index (κ3) is 4.92. The molecular weight excluding hydrogens is 645 g/mol. The van der Waals surface area contributed by atoms with E-state index in [0.29, 0.717) is 20.5 Å². The minimum Gasteiger partial charge on any atom is -0.235 e. The van der Waals surface area contributed by atoms with E-state index in [2.05, 4.69) is 60.7 Å². The zero-order valence-electron chi connectivity index (χ0n) is 33.3. The van der Waals surface area contributed by atoms with E-state index in [0.717, 1.165) is 65.2 Å². The summed E-state index contributed by atoms with van der Waals surface area (Å²) in [6.45, 7) is 0. The van der Waals surface area contributed by atoms with Gasteiger partial charge in [0.1, 0.15) is 6.33 Å². The van der Waals surface area contributed by atoms with Crippen molar-refractivity contribution < 1.29 is 9.60 Å². The Hall–Kier alpha value is -5.94. The molecule has 0 bridgehead atoms. The molecule has 0 amide bonds. The lowest BCUT2D eigenvalue weighted by Crippen LogP contribution is -1.88. The zero-order valence-corrected chi connectivity index (χ0v) is 28.0. The Labute approximate surface area is 307 Å². The standard InChI is InChI=1S/C46H28N2S2/c1-2-9-29(10-3-1)30-19-21-31(22-20-30)34-23-24-42-40(27-34)44-46(50-42)43(47-28-48-44)36-14-7-12-33(26-36)32-11-6-13-35(25-32)37-16-8-17-39-38-15-4-5-18-41(38)49-45(37)39/h1-28H/i4D,5D,8D,15D,16D,17D,18D. The highest BCUT2D eigenvalue weighted by molar-refractivity contribution is 7.26. The van der Waals surface area contributed by atoms with Crippen molar-refractivity contribution in [1.82, 2.24) is 9.97 Å². The van der Waals surface area contributed by atoms with Crippen LogP contribution in [0.15, 0.2) is 170 Å². The van der Waals surface area contributed by atoms with Gasteiger partial charge in [-0.2, -0.15) is 0 Å². The molecule has 3 heterocycles. The summed E-state index contributed by atoms with van der Waals surface area (Å²) in [5.41, 5.74) is 10.1. The van der Waals surface area contributed by atoms with Gasteiger partial charge >= 0.3 is 0 Å². The lowest BCUT2D eigenvalue weighted by molar-refractivity contribution is 1.24. The molecule has 4 heteroatoms. The zero-order chi connectivity index (χ0) is 39.1. The maximum Gasteiger partial charge on any atom is 0.116 e. The summed E-state index contributed by atoms with van der Waals surface area (Å²) >= 11 is 2.81. The molecule has 3 aromatic heterocycles. The summed E-state index contributed by atoms with van der Waals surface area (Å²) in [6, 6.07) is 39.6. The van der Waals surface area contributed by atoms with Crippen LogP contribution in [0.1, 0.15) is 9.60 Å². The van der Waals surface area contributed by atoms with E-state index in [4.69, 9.17) is 19.6 Å². The highest BCUT2D eigenvalue weighted by Crippen LogP contribution is 2.42. The van der Waals surface area contributed by atoms with Crippen LogP contribution in [0.3, 0.4) is 0 Å². The van der Waals surface area contributed by atoms with E-state index in [1.165, 1.54) is 11.1 Å². The molecular formula is C46H28N2S2. The average molecular weight is 680 g/mol. The summed E-state index contributed by atoms with van der Waals surface area (Å²) in [7, 11) is 0. The molecule has 0 aliphatic rings. The van der Waals surface area contributed by atoms with Gasteiger partial charge in [-0.3, -0.25) is 0 Å². The summed E-state index contributed by atoms with van der Waals surface area (Å²) < 4.78 is 63.1. The Morgan fingerprint density at radius 3 is 1.88 bits per heavy atom. The van der Waals surface area contributed by atoms with E-state index in [1.807, 2.05) is 60.7 Å². The number of nitrogens with zero attached hydrogens (tertiary/aromatic N) is 2. The SMILES string of the molecule is [2H]c1c([2H])c([2H])c2c(sc3c(-c4cccc(-c5cccc(-c6ncnc7c6sc6ccc(-c8ccc(-c9ccccc9)cc8)cc67)c5)c4)c([2H])c([2H])c([2H])c32)c1[2H]. The Kier molecular flexibility index (Phi) is 5.38. The van der Waals surface area contributed by atoms with Gasteiger partial charge < -0.3 is 0 Å². The first-order valence-corrected chi connectivity index (χ1v) is 17.8. The van der Waals surface area contributed by atoms with Gasteiger partial charge in [-0.25, -0.2) is 9.97 Å². The second-order valence-corrected chi connectivity index (χ2v) is 14.2. The molecule has 0 saturated carbocycles. The summed E-state index contributed by atoms with van der Waals surface area (Å²) in [5.74, 6) is 0. The van der Waals surface area contributed by atoms with E-state index in [-0.39, 0.29) is 53.1 Å². The first-order valence-electron chi connectivity index (χ1n) is 19.6. The predicted octanol–water partition coefficient (Wildman–Crippen LogP) is 13.5. The van der Waals surface area contributed by atoms with Crippen LogP contribution in [0, 0.1) is 0 Å². The van der Waals surface area contributed by atoms with E-state index in [9.17, 15) is 0 Å². The van der Waals surface area contributed by atoms with E-state index >= 15 is 0 Å². The maximum atomic E-state index is 8.99. The molecule has 0 saturated heterocycles. The molecule has 0 aliphatic heterocycles. The summed E-state index contributed by atoms with van der Waals surface area (Å²) in [4.78, 5) is 9.54. The molecule has 234 valence electrons. The van der Waals surface area contributed by atoms with Gasteiger partial charge in [0, 0.05) is 35.8 Å². The van der Waals surface area contributed by atoms with Gasteiger partial charge in [-0.1, -0.05) is 133 Å². The predicted molar refractivity (Wildman–Crippen MR) is 215 cm³/mol. The van der Waals surface area contributed by atoms with Gasteiger partial charge in [-0.15, -0.1) is 22.7 Å². The second-order valence-electron chi connectivity index (χ2n) is 12.1. The number of rotatable bonds is 5. The fourth-order valence-electron chi connectivity index (χ4n) is 6.68. The number of fused-ring (bicyclic) bond motifs is 6. The van der Waals surface area contributed by atoms with Crippen LogP contribution in [0.2, 0.25) is 0 Å². The molecule has 10 aromatic rings. The smallest absolute Gasteiger partial charge is 0.116 e. The van der Waals surface area contributed by atoms with Crippen molar-refractivity contribution in [3.63, 3.8) is 0 Å². The third-order valence-corrected chi connectivity index (χ3v) is 11.4. The molecule has 0 atom stereocenters. The van der Waals surface area contributed by atoms with Gasteiger partial charge in [-0.05, 0) is 74.8 Å². The average Bonchev–Trinajstić information content (AvgIpc) is 3.84. The number of aromatic nitrogens is 2. The molecule has 10 rings (SSSR count). The van der Waals surface area contributed by atoms with Crippen molar-refractivity contribution in [1.29, 1.82) is 0 Å². The van der Waals surface area contributed by atoms with Crippen LogP contribution in [0.25, 0.3) is 96.2 Å². The van der Waals surface area contributed by atoms with Crippen molar-refractivity contribution in [2.45, 2.75) is 0 Å². The van der Waals surface area contributed by atoms with Crippen LogP contribution in [-0.2, 0) is 0 Å². The Morgan fingerprint density at radius 2 is 1.04 bits per heavy atom. The van der Waals surface area contributed by atoms with Crippen LogP contribution >= 0.6 is 22.7 Å². The van der Waals surface area contributed by atoms with E-state index < -0.39 is 0 Å². The molecule has 0 spiro atoms. The minimum atomic E-state index is -0.386. The summed E-state index contributed by atoms with van der Waals surface area (Å²) in [6.07, 6.45) is 1.62. The first kappa shape index (κ1) is 22.6. The lowest BCUT2D eigenvalue weighted by Gasteiger charge is -2.09. The van der Waals surface area contributed by atoms with Crippen LogP contribution in [0.5, 0.6) is 0 Å². The van der Waals surface area contributed by atoms with Crippen molar-refractivity contribution in [2.24, 2.45) is 0 Å². The van der Waals surface area contributed by atoms with Crippen molar-refractivity contribution in [3.05, 3.63) is 170 Å². The largest absolute Gasteiger partial charge is 0.235 e. The number of hydrogen-bond acceptors (Lipinski definition) is 4. The Balaban J connectivity index is 1.05. The normalized spacial score (nSPS) is 13.6. The molecule has 0 fully saturated rings. The van der Waals surface area contributed by atoms with Crippen molar-refractivity contribution in [2.75, 3.05) is 0 Å². The fraction of sp³-hybridized carbons (Fsp3) is 0. The van der Waals surface area contributed by atoms with Crippen LogP contribution in [-0.4, -0.2) is 9.97 Å². The Morgan fingerprint density at radius 1 is 0.420 bits per heavy atom. The van der Waals surface area contributed by atoms with Crippen LogP contribution in [0.4, 0.5) is 0 Å². The Bertz CT molecular complexity index is 3270. The van der Waals surface area contributed by atoms with Crippen molar-refractivity contribution >= 4 is 63.1 Å². The van der Waals surface area contributed by atoms with E-state index in [1.54, 1.807) is 17.7 Å². The summed E-state index contributed by atoms with van der Waals surface area (Å²) in [5, 5.41) is 1.57. The highest BCUT2D eigenvalue weighted by Gasteiger charge is 2.16. The topological polar surface area (TPSA) is 25.8 Å². The van der Waals surface area contributed by atoms with Gasteiger partial charge in [0.25, 0.3) is 0 Å². The quantitative estimate of drug-likeness (QED) is 0.181. The van der Waals surface area contributed by atoms with Crippen LogP contribution < -0.4 is 0 Å². The molecule has 2 nitrogen and oxygen atoms in total. The second kappa shape index (κ2) is 11.9. The fourth-order valence-corrected chi connectivity index (χ4v) is 8.91. The number of thiophene rings is 2. The molecule has 0 aliphatic carbocycles. The third-order valence-electron chi connectivity index (χ3n) is 9.13. The molecule has 7 aromatic carbocycles.